The second-order valence-corrected chi connectivity index (χ2v) is 8.00. The molecule has 0 aromatic heterocycles. The molecule has 2 aliphatic rings. The van der Waals surface area contributed by atoms with Crippen molar-refractivity contribution in [1.82, 2.24) is 15.5 Å². The Kier molecular flexibility index (Phi) is 9.23. The fraction of sp³-hybridized carbons (Fsp3) is 0.700. The lowest BCUT2D eigenvalue weighted by Gasteiger charge is -2.47. The van der Waals surface area contributed by atoms with Crippen molar-refractivity contribution >= 4 is 23.8 Å². The third-order valence-corrected chi connectivity index (χ3v) is 5.57. The van der Waals surface area contributed by atoms with E-state index in [0.717, 1.165) is 19.3 Å². The predicted octanol–water partition coefficient (Wildman–Crippen LogP) is 0.565. The number of ether oxygens (including phenoxy) is 2. The Morgan fingerprint density at radius 1 is 1.27 bits per heavy atom. The molecule has 1 saturated heterocycles. The number of guanidine groups is 1. The molecule has 186 valence electrons. The molecule has 0 saturated carbocycles. The molecule has 0 spiro atoms. The molecule has 1 aliphatic heterocycles. The Morgan fingerprint density at radius 2 is 1.97 bits per heavy atom. The average molecular weight is 477 g/mol. The van der Waals surface area contributed by atoms with Crippen molar-refractivity contribution in [3.63, 3.8) is 0 Å². The molecule has 1 aliphatic carbocycles. The van der Waals surface area contributed by atoms with Crippen molar-refractivity contribution < 1.29 is 37.0 Å². The first-order valence-corrected chi connectivity index (χ1v) is 10.7. The summed E-state index contributed by atoms with van der Waals surface area (Å²) in [6.45, 7) is 4.64. The summed E-state index contributed by atoms with van der Waals surface area (Å²) >= 11 is 0. The number of rotatable bonds is 7. The number of carbonyl (C=O) groups excluding carboxylic acids is 3. The molecule has 0 radical (unpaired) electrons. The van der Waals surface area contributed by atoms with E-state index in [4.69, 9.17) is 15.9 Å². The summed E-state index contributed by atoms with van der Waals surface area (Å²) in [7, 11) is 0. The fourth-order valence-corrected chi connectivity index (χ4v) is 4.25. The highest BCUT2D eigenvalue weighted by molar-refractivity contribution is 5.98. The smallest absolute Gasteiger partial charge is 0.383 e. The second kappa shape index (κ2) is 11.5. The summed E-state index contributed by atoms with van der Waals surface area (Å²) in [5.41, 5.74) is 5.30. The Hall–Kier alpha value is -2.67. The highest BCUT2D eigenvalue weighted by atomic mass is 19.4. The molecule has 5 N–H and O–H groups in total. The molecule has 13 heteroatoms. The summed E-state index contributed by atoms with van der Waals surface area (Å²) in [5.74, 6) is -4.86. The maximum absolute atomic E-state index is 12.6. The van der Waals surface area contributed by atoms with E-state index < -0.39 is 42.2 Å². The SMILES string of the molecule is CCOCC1CCCCN1[C@@H]1C=C(C(=O)OC(=O)C(F)(F)F)C[C@H](NC(=N)N)[C@H]1NC(C)=O. The molecule has 4 atom stereocenters. The third-order valence-electron chi connectivity index (χ3n) is 5.57. The summed E-state index contributed by atoms with van der Waals surface area (Å²) in [4.78, 5) is 37.6. The van der Waals surface area contributed by atoms with E-state index in [1.165, 1.54) is 13.0 Å². The van der Waals surface area contributed by atoms with E-state index in [1.54, 1.807) is 0 Å². The zero-order chi connectivity index (χ0) is 24.8. The van der Waals surface area contributed by atoms with Crippen LogP contribution in [0.4, 0.5) is 13.2 Å². The number of nitrogens with zero attached hydrogens (tertiary/aromatic N) is 1. The lowest BCUT2D eigenvalue weighted by Crippen LogP contribution is -2.65. The summed E-state index contributed by atoms with van der Waals surface area (Å²) in [6.07, 6.45) is -1.55. The first kappa shape index (κ1) is 26.6. The number of alkyl halides is 3. The van der Waals surface area contributed by atoms with E-state index >= 15 is 0 Å². The minimum absolute atomic E-state index is 0.0682. The van der Waals surface area contributed by atoms with E-state index in [-0.39, 0.29) is 23.9 Å². The van der Waals surface area contributed by atoms with Gasteiger partial charge in [0.1, 0.15) is 0 Å². The van der Waals surface area contributed by atoms with Crippen LogP contribution in [0.5, 0.6) is 0 Å². The first-order valence-electron chi connectivity index (χ1n) is 10.7. The van der Waals surface area contributed by atoms with E-state index in [9.17, 15) is 27.6 Å². The molecule has 0 aromatic rings. The van der Waals surface area contributed by atoms with Gasteiger partial charge in [-0.15, -0.1) is 0 Å². The van der Waals surface area contributed by atoms with Gasteiger partial charge in [-0.25, -0.2) is 9.59 Å². The molecule has 2 rings (SSSR count). The molecule has 0 aromatic carbocycles. The number of nitrogens with one attached hydrogen (secondary N) is 3. The van der Waals surface area contributed by atoms with Crippen LogP contribution < -0.4 is 16.4 Å². The van der Waals surface area contributed by atoms with E-state index in [2.05, 4.69) is 15.4 Å². The normalized spacial score (nSPS) is 26.2. The lowest BCUT2D eigenvalue weighted by molar-refractivity contribution is -0.200. The number of esters is 2. The van der Waals surface area contributed by atoms with Gasteiger partial charge in [0.15, 0.2) is 5.96 Å². The molecule has 1 fully saturated rings. The van der Waals surface area contributed by atoms with Gasteiger partial charge in [0.05, 0.1) is 24.7 Å². The Bertz CT molecular complexity index is 789. The van der Waals surface area contributed by atoms with Crippen molar-refractivity contribution in [2.75, 3.05) is 19.8 Å². The lowest BCUT2D eigenvalue weighted by atomic mass is 9.83. The molecule has 33 heavy (non-hydrogen) atoms. The molecule has 1 heterocycles. The third kappa shape index (κ3) is 7.42. The van der Waals surface area contributed by atoms with Crippen molar-refractivity contribution in [2.24, 2.45) is 5.73 Å². The number of nitrogens with two attached hydrogens (primary N) is 1. The quantitative estimate of drug-likeness (QED) is 0.180. The molecule has 1 amide bonds. The topological polar surface area (TPSA) is 147 Å². The number of carbonyl (C=O) groups is 3. The number of piperidine rings is 1. The van der Waals surface area contributed by atoms with Gasteiger partial charge in [-0.3, -0.25) is 15.1 Å². The summed E-state index contributed by atoms with van der Waals surface area (Å²) < 4.78 is 47.4. The van der Waals surface area contributed by atoms with Crippen LogP contribution in [0, 0.1) is 5.41 Å². The standard InChI is InChI=1S/C20H30F3N5O5/c1-3-32-10-13-6-4-5-7-28(13)15-9-12(17(30)33-18(31)20(21,22)23)8-14(27-19(24)25)16(15)26-11(2)29/h9,13-16H,3-8,10H2,1-2H3,(H,26,29)(H4,24,25,27)/t13?,14-,15+,16+/m0/s1. The fourth-order valence-electron chi connectivity index (χ4n) is 4.25. The van der Waals surface area contributed by atoms with Gasteiger partial charge in [0, 0.05) is 31.6 Å². The van der Waals surface area contributed by atoms with Crippen molar-refractivity contribution in [1.29, 1.82) is 5.41 Å². The highest BCUT2D eigenvalue weighted by Gasteiger charge is 2.45. The Morgan fingerprint density at radius 3 is 2.55 bits per heavy atom. The van der Waals surface area contributed by atoms with Crippen LogP contribution in [-0.4, -0.2) is 78.8 Å². The summed E-state index contributed by atoms with van der Waals surface area (Å²) in [5, 5.41) is 13.1. The average Bonchev–Trinajstić information content (AvgIpc) is 2.72. The monoisotopic (exact) mass is 477 g/mol. The predicted molar refractivity (Wildman–Crippen MR) is 111 cm³/mol. The van der Waals surface area contributed by atoms with Gasteiger partial charge in [-0.1, -0.05) is 12.5 Å². The molecule has 1 unspecified atom stereocenters. The minimum Gasteiger partial charge on any atom is -0.383 e. The zero-order valence-electron chi connectivity index (χ0n) is 18.5. The molecular formula is C20H30F3N5O5. The number of likely N-dealkylation sites (tertiary alicyclic amines) is 1. The van der Waals surface area contributed by atoms with Crippen LogP contribution in [0.3, 0.4) is 0 Å². The maximum atomic E-state index is 12.6. The highest BCUT2D eigenvalue weighted by Crippen LogP contribution is 2.30. The number of amides is 1. The van der Waals surface area contributed by atoms with Crippen molar-refractivity contribution in [3.8, 4) is 0 Å². The van der Waals surface area contributed by atoms with Crippen molar-refractivity contribution in [3.05, 3.63) is 11.6 Å². The minimum atomic E-state index is -5.32. The first-order chi connectivity index (χ1) is 15.4. The van der Waals surface area contributed by atoms with Gasteiger partial charge >= 0.3 is 18.1 Å². The van der Waals surface area contributed by atoms with E-state index in [0.29, 0.717) is 19.8 Å². The van der Waals surface area contributed by atoms with E-state index in [1.807, 2.05) is 11.8 Å². The summed E-state index contributed by atoms with van der Waals surface area (Å²) in [6, 6.07) is -2.18. The van der Waals surface area contributed by atoms with Gasteiger partial charge in [-0.05, 0) is 26.3 Å². The molecule has 10 nitrogen and oxygen atoms in total. The van der Waals surface area contributed by atoms with Crippen LogP contribution >= 0.6 is 0 Å². The number of hydrogen-bond acceptors (Lipinski definition) is 7. The molecular weight excluding hydrogens is 447 g/mol. The van der Waals surface area contributed by atoms with Gasteiger partial charge in [-0.2, -0.15) is 13.2 Å². The zero-order valence-corrected chi connectivity index (χ0v) is 18.5. The number of halogens is 3. The maximum Gasteiger partial charge on any atom is 0.491 e. The van der Waals surface area contributed by atoms with Gasteiger partial charge < -0.3 is 25.8 Å². The van der Waals surface area contributed by atoms with Crippen LogP contribution in [0.2, 0.25) is 0 Å². The Balaban J connectivity index is 2.44. The van der Waals surface area contributed by atoms with Crippen LogP contribution in [0.25, 0.3) is 0 Å². The number of hydrogen-bond donors (Lipinski definition) is 4. The second-order valence-electron chi connectivity index (χ2n) is 8.00. The van der Waals surface area contributed by atoms with Gasteiger partial charge in [0.2, 0.25) is 5.91 Å². The van der Waals surface area contributed by atoms with Crippen LogP contribution in [0.15, 0.2) is 11.6 Å². The molecule has 0 bridgehead atoms. The van der Waals surface area contributed by atoms with Gasteiger partial charge in [0.25, 0.3) is 0 Å². The van der Waals surface area contributed by atoms with Crippen LogP contribution in [-0.2, 0) is 23.9 Å². The van der Waals surface area contributed by atoms with Crippen LogP contribution in [0.1, 0.15) is 39.5 Å². The largest absolute Gasteiger partial charge is 0.491 e. The van der Waals surface area contributed by atoms with Crippen molar-refractivity contribution in [2.45, 2.75) is 69.9 Å². The Labute approximate surface area is 189 Å².